The maximum Gasteiger partial charge on any atom is 0.258 e. The van der Waals surface area contributed by atoms with Crippen LogP contribution < -0.4 is 14.8 Å². The summed E-state index contributed by atoms with van der Waals surface area (Å²) in [4.78, 5) is 12.0. The van der Waals surface area contributed by atoms with Crippen LogP contribution >= 0.6 is 0 Å². The molecule has 28 heavy (non-hydrogen) atoms. The largest absolute Gasteiger partial charge is 0.484 e. The van der Waals surface area contributed by atoms with Gasteiger partial charge in [-0.2, -0.15) is 0 Å². The molecule has 1 atom stereocenters. The van der Waals surface area contributed by atoms with Gasteiger partial charge in [-0.15, -0.1) is 0 Å². The molecule has 0 bridgehead atoms. The lowest BCUT2D eigenvalue weighted by Gasteiger charge is -2.12. The molecule has 0 aliphatic carbocycles. The zero-order valence-corrected chi connectivity index (χ0v) is 16.3. The van der Waals surface area contributed by atoms with Gasteiger partial charge in [-0.3, -0.25) is 4.79 Å². The average Bonchev–Trinajstić information content (AvgIpc) is 3.24. The molecule has 0 saturated carbocycles. The molecule has 1 fully saturated rings. The molecule has 2 aromatic rings. The van der Waals surface area contributed by atoms with Gasteiger partial charge in [0, 0.05) is 19.7 Å². The minimum absolute atomic E-state index is 0.0804. The zero-order chi connectivity index (χ0) is 19.8. The Morgan fingerprint density at radius 2 is 1.86 bits per heavy atom. The zero-order valence-electron chi connectivity index (χ0n) is 15.5. The molecule has 3 rings (SSSR count). The Kier molecular flexibility index (Phi) is 7.02. The van der Waals surface area contributed by atoms with E-state index in [0.29, 0.717) is 12.3 Å². The molecule has 1 heterocycles. The van der Waals surface area contributed by atoms with E-state index in [4.69, 9.17) is 9.47 Å². The monoisotopic (exact) mass is 404 g/mol. The van der Waals surface area contributed by atoms with E-state index in [1.54, 1.807) is 0 Å². The Balaban J connectivity index is 1.46. The van der Waals surface area contributed by atoms with Gasteiger partial charge in [-0.25, -0.2) is 13.1 Å². The summed E-state index contributed by atoms with van der Waals surface area (Å²) >= 11 is 0. The number of ether oxygens (including phenoxy) is 2. The van der Waals surface area contributed by atoms with Gasteiger partial charge >= 0.3 is 0 Å². The van der Waals surface area contributed by atoms with Crippen molar-refractivity contribution in [2.24, 2.45) is 0 Å². The molecule has 0 radical (unpaired) electrons. The topological polar surface area (TPSA) is 93.7 Å². The first-order valence-electron chi connectivity index (χ1n) is 9.18. The van der Waals surface area contributed by atoms with Gasteiger partial charge in [0.25, 0.3) is 5.91 Å². The summed E-state index contributed by atoms with van der Waals surface area (Å²) in [5.41, 5.74) is 0.875. The van der Waals surface area contributed by atoms with Crippen LogP contribution in [0.2, 0.25) is 0 Å². The third-order valence-electron chi connectivity index (χ3n) is 4.36. The van der Waals surface area contributed by atoms with E-state index < -0.39 is 10.0 Å². The molecule has 1 amide bonds. The first kappa shape index (κ1) is 20.3. The highest BCUT2D eigenvalue weighted by molar-refractivity contribution is 7.89. The predicted octanol–water partition coefficient (Wildman–Crippen LogP) is 1.84. The molecule has 1 saturated heterocycles. The van der Waals surface area contributed by atoms with Crippen molar-refractivity contribution in [3.8, 4) is 5.75 Å². The SMILES string of the molecule is O=C(COc1ccc(S(=O)(=O)NCc2ccccc2)cc1)NC[C@H]1CCCO1. The van der Waals surface area contributed by atoms with Gasteiger partial charge in [0.15, 0.2) is 6.61 Å². The van der Waals surface area contributed by atoms with E-state index >= 15 is 0 Å². The van der Waals surface area contributed by atoms with Crippen molar-refractivity contribution in [1.29, 1.82) is 0 Å². The van der Waals surface area contributed by atoms with Crippen molar-refractivity contribution in [1.82, 2.24) is 10.0 Å². The molecule has 1 aliphatic rings. The van der Waals surface area contributed by atoms with Crippen LogP contribution in [0.1, 0.15) is 18.4 Å². The third-order valence-corrected chi connectivity index (χ3v) is 5.78. The molecule has 2 aromatic carbocycles. The summed E-state index contributed by atoms with van der Waals surface area (Å²) < 4.78 is 38.1. The third kappa shape index (κ3) is 6.05. The minimum atomic E-state index is -3.62. The highest BCUT2D eigenvalue weighted by Crippen LogP contribution is 2.16. The quantitative estimate of drug-likeness (QED) is 0.665. The van der Waals surface area contributed by atoms with Crippen LogP contribution in [0, 0.1) is 0 Å². The van der Waals surface area contributed by atoms with Crippen LogP contribution in [0.25, 0.3) is 0 Å². The van der Waals surface area contributed by atoms with Crippen molar-refractivity contribution < 1.29 is 22.7 Å². The van der Waals surface area contributed by atoms with Gasteiger partial charge in [0.1, 0.15) is 5.75 Å². The Morgan fingerprint density at radius 3 is 2.54 bits per heavy atom. The minimum Gasteiger partial charge on any atom is -0.484 e. The van der Waals surface area contributed by atoms with Gasteiger partial charge in [-0.1, -0.05) is 30.3 Å². The Labute approximate surface area is 165 Å². The fourth-order valence-corrected chi connectivity index (χ4v) is 3.82. The van der Waals surface area contributed by atoms with E-state index in [2.05, 4.69) is 10.0 Å². The second kappa shape index (κ2) is 9.68. The number of carbonyl (C=O) groups is 1. The fourth-order valence-electron chi connectivity index (χ4n) is 2.81. The summed E-state index contributed by atoms with van der Waals surface area (Å²) in [6.07, 6.45) is 2.05. The first-order chi connectivity index (χ1) is 13.5. The summed E-state index contributed by atoms with van der Waals surface area (Å²) in [5, 5.41) is 2.77. The van der Waals surface area contributed by atoms with E-state index in [9.17, 15) is 13.2 Å². The number of amides is 1. The lowest BCUT2D eigenvalue weighted by atomic mass is 10.2. The smallest absolute Gasteiger partial charge is 0.258 e. The molecule has 2 N–H and O–H groups in total. The molecule has 7 nitrogen and oxygen atoms in total. The van der Waals surface area contributed by atoms with E-state index in [1.165, 1.54) is 24.3 Å². The number of sulfonamides is 1. The maximum atomic E-state index is 12.4. The van der Waals surface area contributed by atoms with Crippen LogP contribution in [0.5, 0.6) is 5.75 Å². The van der Waals surface area contributed by atoms with Crippen LogP contribution in [0.15, 0.2) is 59.5 Å². The second-order valence-electron chi connectivity index (χ2n) is 6.51. The van der Waals surface area contributed by atoms with Gasteiger partial charge in [0.2, 0.25) is 10.0 Å². The number of rotatable bonds is 9. The fraction of sp³-hybridized carbons (Fsp3) is 0.350. The number of hydrogen-bond acceptors (Lipinski definition) is 5. The summed E-state index contributed by atoms with van der Waals surface area (Å²) in [7, 11) is -3.62. The van der Waals surface area contributed by atoms with E-state index in [-0.39, 0.29) is 30.1 Å². The van der Waals surface area contributed by atoms with Crippen molar-refractivity contribution in [3.63, 3.8) is 0 Å². The number of carbonyl (C=O) groups excluding carboxylic acids is 1. The lowest BCUT2D eigenvalue weighted by Crippen LogP contribution is -2.35. The van der Waals surface area contributed by atoms with Crippen molar-refractivity contribution in [2.45, 2.75) is 30.4 Å². The van der Waals surface area contributed by atoms with Gasteiger partial charge in [0.05, 0.1) is 11.0 Å². The molecule has 150 valence electrons. The predicted molar refractivity (Wildman–Crippen MR) is 104 cm³/mol. The number of hydrogen-bond donors (Lipinski definition) is 2. The summed E-state index contributed by atoms with van der Waals surface area (Å²) in [6, 6.07) is 15.3. The Morgan fingerprint density at radius 1 is 1.11 bits per heavy atom. The van der Waals surface area contributed by atoms with Crippen LogP contribution in [0.4, 0.5) is 0 Å². The van der Waals surface area contributed by atoms with Crippen LogP contribution in [0.3, 0.4) is 0 Å². The molecule has 0 spiro atoms. The molecule has 0 aromatic heterocycles. The van der Waals surface area contributed by atoms with Crippen molar-refractivity contribution in [2.75, 3.05) is 19.8 Å². The molecule has 8 heteroatoms. The normalized spacial score (nSPS) is 16.6. The highest BCUT2D eigenvalue weighted by atomic mass is 32.2. The molecular formula is C20H24N2O5S. The number of nitrogens with one attached hydrogen (secondary N) is 2. The van der Waals surface area contributed by atoms with E-state index in [0.717, 1.165) is 25.0 Å². The average molecular weight is 404 g/mol. The second-order valence-corrected chi connectivity index (χ2v) is 8.28. The summed E-state index contributed by atoms with van der Waals surface area (Å²) in [6.45, 7) is 1.30. The molecule has 0 unspecified atom stereocenters. The van der Waals surface area contributed by atoms with Gasteiger partial charge < -0.3 is 14.8 Å². The molecule has 1 aliphatic heterocycles. The first-order valence-corrected chi connectivity index (χ1v) is 10.7. The lowest BCUT2D eigenvalue weighted by molar-refractivity contribution is -0.123. The standard InChI is InChI=1S/C20H24N2O5S/c23-20(21-14-18-7-4-12-26-18)15-27-17-8-10-19(11-9-17)28(24,25)22-13-16-5-2-1-3-6-16/h1-3,5-6,8-11,18,22H,4,7,12-15H2,(H,21,23)/t18-/m1/s1. The Bertz CT molecular complexity index is 863. The van der Waals surface area contributed by atoms with Gasteiger partial charge in [-0.05, 0) is 42.7 Å². The number of benzene rings is 2. The maximum absolute atomic E-state index is 12.4. The van der Waals surface area contributed by atoms with E-state index in [1.807, 2.05) is 30.3 Å². The Hall–Kier alpha value is -2.42. The molecular weight excluding hydrogens is 380 g/mol. The van der Waals surface area contributed by atoms with Crippen molar-refractivity contribution in [3.05, 3.63) is 60.2 Å². The van der Waals surface area contributed by atoms with Crippen LogP contribution in [-0.2, 0) is 26.1 Å². The summed E-state index contributed by atoms with van der Waals surface area (Å²) in [5.74, 6) is 0.186. The van der Waals surface area contributed by atoms with Crippen LogP contribution in [-0.4, -0.2) is 40.2 Å². The highest BCUT2D eigenvalue weighted by Gasteiger charge is 2.16. The van der Waals surface area contributed by atoms with Crippen molar-refractivity contribution >= 4 is 15.9 Å².